The van der Waals surface area contributed by atoms with Gasteiger partial charge in [-0.05, 0) is 32.7 Å². The van der Waals surface area contributed by atoms with E-state index in [2.05, 4.69) is 15.5 Å². The molecular weight excluding hydrogens is 254 g/mol. The van der Waals surface area contributed by atoms with Gasteiger partial charge in [-0.1, -0.05) is 24.4 Å². The maximum Gasteiger partial charge on any atom is 0.231 e. The summed E-state index contributed by atoms with van der Waals surface area (Å²) in [5.41, 5.74) is 0. The van der Waals surface area contributed by atoms with E-state index < -0.39 is 0 Å². The van der Waals surface area contributed by atoms with E-state index in [1.54, 1.807) is 0 Å². The van der Waals surface area contributed by atoms with Gasteiger partial charge >= 0.3 is 0 Å². The van der Waals surface area contributed by atoms with Crippen LogP contribution in [0.3, 0.4) is 0 Å². The highest BCUT2D eigenvalue weighted by Crippen LogP contribution is 2.31. The molecule has 5 nitrogen and oxygen atoms in total. The fraction of sp³-hybridized carbons (Fsp3) is 0.867. The van der Waals surface area contributed by atoms with Gasteiger partial charge < -0.3 is 14.6 Å². The zero-order chi connectivity index (χ0) is 13.8. The molecule has 3 rings (SSSR count). The van der Waals surface area contributed by atoms with Crippen LogP contribution in [0.1, 0.15) is 62.6 Å². The largest absolute Gasteiger partial charge is 0.378 e. The topological polar surface area (TPSA) is 60.2 Å². The van der Waals surface area contributed by atoms with Gasteiger partial charge in [0.15, 0.2) is 5.82 Å². The van der Waals surface area contributed by atoms with Crippen LogP contribution in [0.5, 0.6) is 0 Å². The maximum atomic E-state index is 5.64. The Morgan fingerprint density at radius 1 is 1.15 bits per heavy atom. The summed E-state index contributed by atoms with van der Waals surface area (Å²) in [6.45, 7) is 0.875. The van der Waals surface area contributed by atoms with Crippen molar-refractivity contribution in [1.29, 1.82) is 0 Å². The minimum absolute atomic E-state index is 0.287. The van der Waals surface area contributed by atoms with Gasteiger partial charge in [0.1, 0.15) is 0 Å². The molecule has 112 valence electrons. The molecule has 2 heterocycles. The lowest BCUT2D eigenvalue weighted by Crippen LogP contribution is -2.31. The maximum absolute atomic E-state index is 5.64. The summed E-state index contributed by atoms with van der Waals surface area (Å²) in [5, 5.41) is 7.58. The van der Waals surface area contributed by atoms with Crippen molar-refractivity contribution in [3.63, 3.8) is 0 Å². The molecule has 1 aromatic rings. The Morgan fingerprint density at radius 3 is 2.85 bits per heavy atom. The van der Waals surface area contributed by atoms with Crippen LogP contribution in [0.2, 0.25) is 0 Å². The molecule has 1 aliphatic heterocycles. The molecule has 2 fully saturated rings. The lowest BCUT2D eigenvalue weighted by Gasteiger charge is -2.20. The highest BCUT2D eigenvalue weighted by Gasteiger charge is 2.29. The molecule has 0 radical (unpaired) electrons. The molecule has 1 saturated heterocycles. The van der Waals surface area contributed by atoms with Crippen molar-refractivity contribution in [2.75, 3.05) is 13.7 Å². The lowest BCUT2D eigenvalue weighted by atomic mass is 9.95. The first-order chi connectivity index (χ1) is 9.86. The quantitative estimate of drug-likeness (QED) is 0.858. The second kappa shape index (κ2) is 6.68. The van der Waals surface area contributed by atoms with Gasteiger partial charge in [-0.25, -0.2) is 0 Å². The van der Waals surface area contributed by atoms with E-state index in [-0.39, 0.29) is 6.10 Å². The zero-order valence-electron chi connectivity index (χ0n) is 12.3. The lowest BCUT2D eigenvalue weighted by molar-refractivity contribution is 0.109. The van der Waals surface area contributed by atoms with Crippen LogP contribution >= 0.6 is 0 Å². The van der Waals surface area contributed by atoms with E-state index in [0.29, 0.717) is 12.0 Å². The van der Waals surface area contributed by atoms with Gasteiger partial charge in [0.2, 0.25) is 5.89 Å². The van der Waals surface area contributed by atoms with Crippen LogP contribution in [-0.2, 0) is 11.2 Å². The molecule has 0 amide bonds. The summed E-state index contributed by atoms with van der Waals surface area (Å²) in [6, 6.07) is 0.466. The zero-order valence-corrected chi connectivity index (χ0v) is 12.3. The molecule has 1 aliphatic carbocycles. The number of rotatable bonds is 4. The highest BCUT2D eigenvalue weighted by molar-refractivity contribution is 5.01. The smallest absolute Gasteiger partial charge is 0.231 e. The van der Waals surface area contributed by atoms with Crippen molar-refractivity contribution < 1.29 is 9.26 Å². The second-order valence-electron chi connectivity index (χ2n) is 6.03. The SMILES string of the molecule is CNC1CCCCCC1c1nc(CC2CCCO2)no1. The summed E-state index contributed by atoms with van der Waals surface area (Å²) in [4.78, 5) is 4.64. The minimum Gasteiger partial charge on any atom is -0.378 e. The normalized spacial score (nSPS) is 31.4. The van der Waals surface area contributed by atoms with Crippen LogP contribution in [0.15, 0.2) is 4.52 Å². The monoisotopic (exact) mass is 279 g/mol. The van der Waals surface area contributed by atoms with E-state index in [9.17, 15) is 0 Å². The Hall–Kier alpha value is -0.940. The van der Waals surface area contributed by atoms with E-state index in [1.165, 1.54) is 25.7 Å². The Bertz CT molecular complexity index is 415. The number of aromatic nitrogens is 2. The summed E-state index contributed by atoms with van der Waals surface area (Å²) in [5.74, 6) is 2.00. The van der Waals surface area contributed by atoms with Gasteiger partial charge in [0.05, 0.1) is 12.0 Å². The molecule has 5 heteroatoms. The number of nitrogens with one attached hydrogen (secondary N) is 1. The summed E-state index contributed by atoms with van der Waals surface area (Å²) >= 11 is 0. The Labute approximate surface area is 120 Å². The molecule has 0 bridgehead atoms. The molecule has 3 unspecified atom stereocenters. The predicted octanol–water partition coefficient (Wildman–Crippen LogP) is 2.43. The van der Waals surface area contributed by atoms with Crippen LogP contribution < -0.4 is 5.32 Å². The van der Waals surface area contributed by atoms with Crippen molar-refractivity contribution in [3.05, 3.63) is 11.7 Å². The molecule has 3 atom stereocenters. The molecule has 20 heavy (non-hydrogen) atoms. The third-order valence-corrected chi connectivity index (χ3v) is 4.62. The fourth-order valence-electron chi connectivity index (χ4n) is 3.46. The van der Waals surface area contributed by atoms with E-state index in [0.717, 1.165) is 44.0 Å². The van der Waals surface area contributed by atoms with Gasteiger partial charge in [-0.2, -0.15) is 4.98 Å². The molecule has 1 aromatic heterocycles. The molecule has 1 N–H and O–H groups in total. The summed E-state index contributed by atoms with van der Waals surface area (Å²) in [6.07, 6.45) is 9.55. The van der Waals surface area contributed by atoms with Crippen LogP contribution in [0.4, 0.5) is 0 Å². The van der Waals surface area contributed by atoms with Crippen molar-refractivity contribution in [2.45, 2.75) is 69.4 Å². The summed E-state index contributed by atoms with van der Waals surface area (Å²) in [7, 11) is 2.03. The van der Waals surface area contributed by atoms with Crippen molar-refractivity contribution >= 4 is 0 Å². The van der Waals surface area contributed by atoms with Gasteiger partial charge in [-0.15, -0.1) is 0 Å². The second-order valence-corrected chi connectivity index (χ2v) is 6.03. The average Bonchev–Trinajstić information content (AvgIpc) is 3.07. The Balaban J connectivity index is 1.67. The third-order valence-electron chi connectivity index (χ3n) is 4.62. The Kier molecular flexibility index (Phi) is 4.68. The van der Waals surface area contributed by atoms with Crippen LogP contribution in [0, 0.1) is 0 Å². The van der Waals surface area contributed by atoms with Crippen LogP contribution in [0.25, 0.3) is 0 Å². The number of hydrogen-bond donors (Lipinski definition) is 1. The van der Waals surface area contributed by atoms with E-state index >= 15 is 0 Å². The number of hydrogen-bond acceptors (Lipinski definition) is 5. The molecular formula is C15H25N3O2. The number of nitrogens with zero attached hydrogens (tertiary/aromatic N) is 2. The summed E-state index contributed by atoms with van der Waals surface area (Å²) < 4.78 is 11.2. The van der Waals surface area contributed by atoms with Crippen LogP contribution in [-0.4, -0.2) is 35.9 Å². The van der Waals surface area contributed by atoms with E-state index in [4.69, 9.17) is 9.26 Å². The number of ether oxygens (including phenoxy) is 1. The molecule has 0 aromatic carbocycles. The van der Waals surface area contributed by atoms with E-state index in [1.807, 2.05) is 7.05 Å². The molecule has 0 spiro atoms. The average molecular weight is 279 g/mol. The highest BCUT2D eigenvalue weighted by atomic mass is 16.5. The standard InChI is InChI=1S/C15H25N3O2/c1-16-13-8-4-2-3-7-12(13)15-17-14(18-20-15)10-11-6-5-9-19-11/h11-13,16H,2-10H2,1H3. The van der Waals surface area contributed by atoms with Crippen molar-refractivity contribution in [3.8, 4) is 0 Å². The third kappa shape index (κ3) is 3.20. The fourth-order valence-corrected chi connectivity index (χ4v) is 3.46. The van der Waals surface area contributed by atoms with Crippen molar-refractivity contribution in [2.24, 2.45) is 0 Å². The molecule has 2 aliphatic rings. The van der Waals surface area contributed by atoms with Crippen molar-refractivity contribution in [1.82, 2.24) is 15.5 Å². The first-order valence-electron chi connectivity index (χ1n) is 7.98. The van der Waals surface area contributed by atoms with Gasteiger partial charge in [0.25, 0.3) is 0 Å². The predicted molar refractivity (Wildman–Crippen MR) is 75.6 cm³/mol. The first kappa shape index (κ1) is 14.0. The minimum atomic E-state index is 0.287. The van der Waals surface area contributed by atoms with Gasteiger partial charge in [-0.3, -0.25) is 0 Å². The molecule has 1 saturated carbocycles. The Morgan fingerprint density at radius 2 is 2.05 bits per heavy atom. The van der Waals surface area contributed by atoms with Gasteiger partial charge in [0, 0.05) is 19.1 Å². The number of likely N-dealkylation sites (N-methyl/N-ethyl adjacent to an activating group) is 1. The first-order valence-corrected chi connectivity index (χ1v) is 7.98.